The molecule has 16 heavy (non-hydrogen) atoms. The fourth-order valence-electron chi connectivity index (χ4n) is 2.32. The van der Waals surface area contributed by atoms with Crippen molar-refractivity contribution in [2.24, 2.45) is 0 Å². The van der Waals surface area contributed by atoms with Crippen molar-refractivity contribution in [2.45, 2.75) is 51.3 Å². The van der Waals surface area contributed by atoms with E-state index in [1.807, 2.05) is 13.8 Å². The van der Waals surface area contributed by atoms with Gasteiger partial charge in [-0.05, 0) is 27.2 Å². The molecule has 0 radical (unpaired) electrons. The molecule has 0 spiro atoms. The van der Waals surface area contributed by atoms with Gasteiger partial charge >= 0.3 is 0 Å². The molecule has 1 aliphatic heterocycles. The van der Waals surface area contributed by atoms with Gasteiger partial charge in [0.25, 0.3) is 0 Å². The Morgan fingerprint density at radius 2 is 2.19 bits per heavy atom. The average molecular weight is 228 g/mol. The Balaban J connectivity index is 2.08. The molecule has 0 N–H and O–H groups in total. The van der Waals surface area contributed by atoms with E-state index >= 15 is 0 Å². The third-order valence-electron chi connectivity index (χ3n) is 2.90. The van der Waals surface area contributed by atoms with Crippen molar-refractivity contribution in [2.75, 3.05) is 13.9 Å². The Labute approximate surface area is 96.5 Å². The average Bonchev–Trinajstić information content (AvgIpc) is 2.48. The van der Waals surface area contributed by atoms with E-state index in [1.54, 1.807) is 7.11 Å². The van der Waals surface area contributed by atoms with Crippen molar-refractivity contribution in [1.82, 2.24) is 0 Å². The second-order valence-electron chi connectivity index (χ2n) is 4.89. The molecule has 2 rings (SSSR count). The van der Waals surface area contributed by atoms with Crippen molar-refractivity contribution in [3.8, 4) is 0 Å². The molecule has 1 fully saturated rings. The lowest BCUT2D eigenvalue weighted by molar-refractivity contribution is -0.168. The lowest BCUT2D eigenvalue weighted by Crippen LogP contribution is -2.40. The maximum absolute atomic E-state index is 5.86. The molecule has 0 aromatic rings. The summed E-state index contributed by atoms with van der Waals surface area (Å²) in [6.07, 6.45) is 3.02. The molecule has 0 saturated carbocycles. The molecule has 1 saturated heterocycles. The van der Waals surface area contributed by atoms with Gasteiger partial charge in [-0.2, -0.15) is 0 Å². The number of ether oxygens (including phenoxy) is 4. The van der Waals surface area contributed by atoms with Gasteiger partial charge in [0, 0.05) is 7.11 Å². The second kappa shape index (κ2) is 4.45. The molecule has 0 bridgehead atoms. The van der Waals surface area contributed by atoms with Gasteiger partial charge in [0.2, 0.25) is 0 Å². The molecule has 1 aliphatic carbocycles. The molecule has 2 aliphatic rings. The molecular weight excluding hydrogens is 208 g/mol. The Kier molecular flexibility index (Phi) is 3.35. The van der Waals surface area contributed by atoms with Crippen molar-refractivity contribution in [3.05, 3.63) is 11.6 Å². The first-order valence-corrected chi connectivity index (χ1v) is 5.65. The molecule has 0 unspecified atom stereocenters. The highest BCUT2D eigenvalue weighted by molar-refractivity contribution is 5.14. The third kappa shape index (κ3) is 2.46. The monoisotopic (exact) mass is 228 g/mol. The zero-order chi connectivity index (χ0) is 11.8. The smallest absolute Gasteiger partial charge is 0.164 e. The van der Waals surface area contributed by atoms with Gasteiger partial charge < -0.3 is 18.9 Å². The fourth-order valence-corrected chi connectivity index (χ4v) is 2.32. The van der Waals surface area contributed by atoms with E-state index in [2.05, 4.69) is 13.0 Å². The number of fused-ring (bicyclic) bond motifs is 1. The highest BCUT2D eigenvalue weighted by Crippen LogP contribution is 2.36. The molecule has 4 heteroatoms. The second-order valence-corrected chi connectivity index (χ2v) is 4.89. The molecule has 0 aromatic carbocycles. The molecule has 3 atom stereocenters. The molecule has 92 valence electrons. The fraction of sp³-hybridized carbons (Fsp3) is 0.833. The summed E-state index contributed by atoms with van der Waals surface area (Å²) < 4.78 is 22.3. The summed E-state index contributed by atoms with van der Waals surface area (Å²) in [7, 11) is 1.62. The van der Waals surface area contributed by atoms with Gasteiger partial charge in [-0.15, -0.1) is 0 Å². The zero-order valence-corrected chi connectivity index (χ0v) is 10.4. The van der Waals surface area contributed by atoms with Crippen LogP contribution in [0.2, 0.25) is 0 Å². The molecular formula is C12H20O4. The maximum atomic E-state index is 5.86. The van der Waals surface area contributed by atoms with Crippen LogP contribution in [-0.2, 0) is 18.9 Å². The predicted molar refractivity (Wildman–Crippen MR) is 58.9 cm³/mol. The molecule has 0 aromatic heterocycles. The van der Waals surface area contributed by atoms with Crippen molar-refractivity contribution in [3.63, 3.8) is 0 Å². The third-order valence-corrected chi connectivity index (χ3v) is 2.90. The Morgan fingerprint density at radius 3 is 2.88 bits per heavy atom. The van der Waals surface area contributed by atoms with Gasteiger partial charge in [0.05, 0.1) is 6.10 Å². The van der Waals surface area contributed by atoms with Crippen LogP contribution >= 0.6 is 0 Å². The number of hydrogen-bond donors (Lipinski definition) is 0. The van der Waals surface area contributed by atoms with Gasteiger partial charge in [-0.3, -0.25) is 0 Å². The molecule has 4 nitrogen and oxygen atoms in total. The Hall–Kier alpha value is -0.420. The van der Waals surface area contributed by atoms with Crippen LogP contribution < -0.4 is 0 Å². The van der Waals surface area contributed by atoms with Gasteiger partial charge in [0.15, 0.2) is 5.79 Å². The summed E-state index contributed by atoms with van der Waals surface area (Å²) in [5.41, 5.74) is 1.28. The van der Waals surface area contributed by atoms with Crippen LogP contribution in [0.5, 0.6) is 0 Å². The van der Waals surface area contributed by atoms with E-state index in [9.17, 15) is 0 Å². The summed E-state index contributed by atoms with van der Waals surface area (Å²) in [6.45, 7) is 6.25. The lowest BCUT2D eigenvalue weighted by atomic mass is 9.93. The van der Waals surface area contributed by atoms with E-state index in [0.29, 0.717) is 6.79 Å². The lowest BCUT2D eigenvalue weighted by Gasteiger charge is -2.29. The van der Waals surface area contributed by atoms with E-state index < -0.39 is 5.79 Å². The normalized spacial score (nSPS) is 37.0. The molecule has 1 heterocycles. The SMILES string of the molecule is COCO[C@@H]1CC(C)=C[C@@H]2OC(C)(C)O[C@@H]21. The minimum atomic E-state index is -0.523. The van der Waals surface area contributed by atoms with Crippen molar-refractivity contribution in [1.29, 1.82) is 0 Å². The van der Waals surface area contributed by atoms with Crippen LogP contribution in [0.25, 0.3) is 0 Å². The zero-order valence-electron chi connectivity index (χ0n) is 10.4. The summed E-state index contributed by atoms with van der Waals surface area (Å²) in [5.74, 6) is -0.523. The summed E-state index contributed by atoms with van der Waals surface area (Å²) in [5, 5.41) is 0. The van der Waals surface area contributed by atoms with Crippen molar-refractivity contribution < 1.29 is 18.9 Å². The maximum Gasteiger partial charge on any atom is 0.164 e. The highest BCUT2D eigenvalue weighted by Gasteiger charge is 2.46. The number of rotatable bonds is 3. The summed E-state index contributed by atoms with van der Waals surface area (Å²) in [4.78, 5) is 0. The van der Waals surface area contributed by atoms with Crippen LogP contribution in [0.15, 0.2) is 11.6 Å². The first kappa shape index (κ1) is 12.0. The number of methoxy groups -OCH3 is 1. The molecule has 0 amide bonds. The largest absolute Gasteiger partial charge is 0.359 e. The van der Waals surface area contributed by atoms with Crippen LogP contribution in [0.4, 0.5) is 0 Å². The Morgan fingerprint density at radius 1 is 1.44 bits per heavy atom. The predicted octanol–water partition coefficient (Wildman–Crippen LogP) is 1.85. The number of hydrogen-bond acceptors (Lipinski definition) is 4. The summed E-state index contributed by atoms with van der Waals surface area (Å²) in [6, 6.07) is 0. The quantitative estimate of drug-likeness (QED) is 0.545. The standard InChI is InChI=1S/C12H20O4/c1-8-5-9(14-7-13-4)11-10(6-8)15-12(2,3)16-11/h6,9-11H,5,7H2,1-4H3/t9-,10+,11-/m1/s1. The van der Waals surface area contributed by atoms with E-state index in [1.165, 1.54) is 5.57 Å². The van der Waals surface area contributed by atoms with Crippen LogP contribution in [0.1, 0.15) is 27.2 Å². The van der Waals surface area contributed by atoms with Gasteiger partial charge in [-0.1, -0.05) is 11.6 Å². The first-order chi connectivity index (χ1) is 7.52. The van der Waals surface area contributed by atoms with E-state index in [-0.39, 0.29) is 18.3 Å². The van der Waals surface area contributed by atoms with E-state index in [0.717, 1.165) is 6.42 Å². The minimum Gasteiger partial charge on any atom is -0.359 e. The summed E-state index contributed by atoms with van der Waals surface area (Å²) >= 11 is 0. The van der Waals surface area contributed by atoms with Gasteiger partial charge in [-0.25, -0.2) is 0 Å². The Bertz CT molecular complexity index is 285. The topological polar surface area (TPSA) is 36.9 Å². The van der Waals surface area contributed by atoms with Gasteiger partial charge in [0.1, 0.15) is 19.0 Å². The van der Waals surface area contributed by atoms with Crippen molar-refractivity contribution >= 4 is 0 Å². The van der Waals surface area contributed by atoms with Crippen LogP contribution in [0, 0.1) is 0 Å². The van der Waals surface area contributed by atoms with E-state index in [4.69, 9.17) is 18.9 Å². The van der Waals surface area contributed by atoms with Crippen LogP contribution in [0.3, 0.4) is 0 Å². The van der Waals surface area contributed by atoms with Crippen LogP contribution in [-0.4, -0.2) is 38.0 Å². The first-order valence-electron chi connectivity index (χ1n) is 5.65. The highest BCUT2D eigenvalue weighted by atomic mass is 16.8. The minimum absolute atomic E-state index is 0.00519.